The summed E-state index contributed by atoms with van der Waals surface area (Å²) in [6, 6.07) is 13.4. The molecule has 30 heavy (non-hydrogen) atoms. The topological polar surface area (TPSA) is 67.5 Å². The molecule has 1 amide bonds. The summed E-state index contributed by atoms with van der Waals surface area (Å²) >= 11 is 3.48. The molecule has 0 radical (unpaired) electrons. The summed E-state index contributed by atoms with van der Waals surface area (Å²) in [6.45, 7) is 1.25. The van der Waals surface area contributed by atoms with E-state index in [1.807, 2.05) is 49.3 Å². The van der Waals surface area contributed by atoms with Crippen molar-refractivity contribution in [2.45, 2.75) is 37.6 Å². The molecule has 1 aromatic heterocycles. The van der Waals surface area contributed by atoms with E-state index in [0.717, 1.165) is 42.3 Å². The number of rotatable bonds is 6. The molecule has 0 unspecified atom stereocenters. The van der Waals surface area contributed by atoms with Gasteiger partial charge in [0.15, 0.2) is 5.58 Å². The standard InChI is InChI=1S/C23H26BrN3O3/c1-26(2)13-14-27-19-15-18(9-10-20(19)30-22(27)29)25-21(28)23(11-3-4-12-23)16-5-7-17(24)8-6-16/h5-10,15H,3-4,11-14H2,1-2H3,(H,25,28). The lowest BCUT2D eigenvalue weighted by Crippen LogP contribution is -2.38. The molecule has 0 aliphatic heterocycles. The summed E-state index contributed by atoms with van der Waals surface area (Å²) in [5, 5.41) is 3.11. The second-order valence-corrected chi connectivity index (χ2v) is 9.17. The number of halogens is 1. The van der Waals surface area contributed by atoms with E-state index >= 15 is 0 Å². The molecule has 1 N–H and O–H groups in total. The van der Waals surface area contributed by atoms with Gasteiger partial charge in [-0.1, -0.05) is 40.9 Å². The van der Waals surface area contributed by atoms with Crippen LogP contribution in [0.4, 0.5) is 5.69 Å². The molecule has 0 atom stereocenters. The second kappa shape index (κ2) is 8.40. The van der Waals surface area contributed by atoms with Gasteiger partial charge in [0.1, 0.15) is 0 Å². The van der Waals surface area contributed by atoms with Gasteiger partial charge in [0.2, 0.25) is 5.91 Å². The fourth-order valence-corrected chi connectivity index (χ4v) is 4.56. The van der Waals surface area contributed by atoms with Gasteiger partial charge in [0.05, 0.1) is 10.9 Å². The number of likely N-dealkylation sites (N-methyl/N-ethyl adjacent to an activating group) is 1. The van der Waals surface area contributed by atoms with Crippen LogP contribution in [0, 0.1) is 0 Å². The molecule has 158 valence electrons. The van der Waals surface area contributed by atoms with Crippen LogP contribution in [-0.2, 0) is 16.8 Å². The third-order valence-corrected chi connectivity index (χ3v) is 6.51. The summed E-state index contributed by atoms with van der Waals surface area (Å²) in [5.74, 6) is -0.371. The van der Waals surface area contributed by atoms with Crippen molar-refractivity contribution < 1.29 is 9.21 Å². The third kappa shape index (κ3) is 3.96. The molecule has 1 aliphatic carbocycles. The van der Waals surface area contributed by atoms with Gasteiger partial charge in [0, 0.05) is 23.2 Å². The smallest absolute Gasteiger partial charge is 0.408 e. The predicted molar refractivity (Wildman–Crippen MR) is 122 cm³/mol. The minimum Gasteiger partial charge on any atom is -0.408 e. The van der Waals surface area contributed by atoms with Crippen molar-refractivity contribution in [1.82, 2.24) is 9.47 Å². The first-order valence-corrected chi connectivity index (χ1v) is 11.0. The number of fused-ring (bicyclic) bond motifs is 1. The van der Waals surface area contributed by atoms with Crippen LogP contribution >= 0.6 is 15.9 Å². The van der Waals surface area contributed by atoms with Gasteiger partial charge in [-0.05, 0) is 62.8 Å². The number of hydrogen-bond acceptors (Lipinski definition) is 4. The number of benzene rings is 2. The molecule has 0 bridgehead atoms. The van der Waals surface area contributed by atoms with E-state index in [4.69, 9.17) is 4.42 Å². The van der Waals surface area contributed by atoms with Crippen molar-refractivity contribution in [2.24, 2.45) is 0 Å². The predicted octanol–water partition coefficient (Wildman–Crippen LogP) is 4.37. The van der Waals surface area contributed by atoms with E-state index in [9.17, 15) is 9.59 Å². The number of carbonyl (C=O) groups is 1. The fraction of sp³-hybridized carbons (Fsp3) is 0.391. The molecule has 1 heterocycles. The summed E-state index contributed by atoms with van der Waals surface area (Å²) in [4.78, 5) is 27.7. The van der Waals surface area contributed by atoms with Gasteiger partial charge in [0.25, 0.3) is 0 Å². The molecular weight excluding hydrogens is 446 g/mol. The van der Waals surface area contributed by atoms with Crippen molar-refractivity contribution >= 4 is 38.6 Å². The monoisotopic (exact) mass is 471 g/mol. The Labute approximate surface area is 184 Å². The zero-order valence-corrected chi connectivity index (χ0v) is 18.9. The Hall–Kier alpha value is -2.38. The molecule has 1 saturated carbocycles. The highest BCUT2D eigenvalue weighted by molar-refractivity contribution is 9.10. The minimum absolute atomic E-state index is 0.00681. The number of nitrogens with one attached hydrogen (secondary N) is 1. The Bertz CT molecular complexity index is 1110. The highest BCUT2D eigenvalue weighted by Gasteiger charge is 2.42. The quantitative estimate of drug-likeness (QED) is 0.579. The lowest BCUT2D eigenvalue weighted by atomic mass is 9.78. The van der Waals surface area contributed by atoms with Crippen LogP contribution in [0.5, 0.6) is 0 Å². The molecule has 1 aliphatic rings. The SMILES string of the molecule is CN(C)CCn1c(=O)oc2ccc(NC(=O)C3(c4ccc(Br)cc4)CCCC3)cc21. The number of hydrogen-bond donors (Lipinski definition) is 1. The Morgan fingerprint density at radius 2 is 1.87 bits per heavy atom. The fourth-order valence-electron chi connectivity index (χ4n) is 4.30. The zero-order valence-electron chi connectivity index (χ0n) is 17.3. The molecular formula is C23H26BrN3O3. The first-order valence-electron chi connectivity index (χ1n) is 10.2. The van der Waals surface area contributed by atoms with E-state index in [0.29, 0.717) is 23.3 Å². The normalized spacial score (nSPS) is 15.7. The number of nitrogens with zero attached hydrogens (tertiary/aromatic N) is 2. The van der Waals surface area contributed by atoms with Gasteiger partial charge in [-0.25, -0.2) is 4.79 Å². The van der Waals surface area contributed by atoms with Gasteiger partial charge in [-0.3, -0.25) is 9.36 Å². The molecule has 7 heteroatoms. The Morgan fingerprint density at radius 1 is 1.17 bits per heavy atom. The van der Waals surface area contributed by atoms with E-state index in [1.54, 1.807) is 16.7 Å². The summed E-state index contributed by atoms with van der Waals surface area (Å²) in [5.41, 5.74) is 2.43. The Morgan fingerprint density at radius 3 is 2.53 bits per heavy atom. The van der Waals surface area contributed by atoms with Crippen LogP contribution < -0.4 is 11.1 Å². The summed E-state index contributed by atoms with van der Waals surface area (Å²) in [6.07, 6.45) is 3.74. The van der Waals surface area contributed by atoms with Crippen LogP contribution in [0.1, 0.15) is 31.2 Å². The first-order chi connectivity index (χ1) is 14.4. The maximum Gasteiger partial charge on any atom is 0.419 e. The van der Waals surface area contributed by atoms with Gasteiger partial charge >= 0.3 is 5.76 Å². The molecule has 6 nitrogen and oxygen atoms in total. The molecule has 0 saturated heterocycles. The number of aromatic nitrogens is 1. The van der Waals surface area contributed by atoms with E-state index < -0.39 is 5.41 Å². The van der Waals surface area contributed by atoms with Crippen LogP contribution in [0.15, 0.2) is 56.1 Å². The van der Waals surface area contributed by atoms with Crippen molar-refractivity contribution in [2.75, 3.05) is 26.0 Å². The van der Waals surface area contributed by atoms with Crippen LogP contribution in [0.25, 0.3) is 11.1 Å². The van der Waals surface area contributed by atoms with Crippen LogP contribution in [0.2, 0.25) is 0 Å². The van der Waals surface area contributed by atoms with Crippen molar-refractivity contribution in [3.05, 3.63) is 63.1 Å². The molecule has 0 spiro atoms. The van der Waals surface area contributed by atoms with Crippen LogP contribution in [0.3, 0.4) is 0 Å². The highest BCUT2D eigenvalue weighted by atomic mass is 79.9. The maximum atomic E-state index is 13.4. The average molecular weight is 472 g/mol. The average Bonchev–Trinajstić information content (AvgIpc) is 3.32. The van der Waals surface area contributed by atoms with E-state index in [2.05, 4.69) is 21.2 Å². The largest absolute Gasteiger partial charge is 0.419 e. The maximum absolute atomic E-state index is 13.4. The van der Waals surface area contributed by atoms with Gasteiger partial charge in [-0.2, -0.15) is 0 Å². The third-order valence-electron chi connectivity index (χ3n) is 5.98. The summed E-state index contributed by atoms with van der Waals surface area (Å²) in [7, 11) is 3.92. The summed E-state index contributed by atoms with van der Waals surface area (Å²) < 4.78 is 7.98. The Balaban J connectivity index is 1.64. The number of carbonyl (C=O) groups excluding carboxylic acids is 1. The number of anilines is 1. The van der Waals surface area contributed by atoms with Gasteiger partial charge < -0.3 is 14.6 Å². The first kappa shape index (κ1) is 20.9. The highest BCUT2D eigenvalue weighted by Crippen LogP contribution is 2.42. The van der Waals surface area contributed by atoms with Crippen molar-refractivity contribution in [3.63, 3.8) is 0 Å². The molecule has 3 aromatic rings. The molecule has 4 rings (SSSR count). The lowest BCUT2D eigenvalue weighted by Gasteiger charge is -2.28. The minimum atomic E-state index is -0.517. The number of amides is 1. The van der Waals surface area contributed by atoms with E-state index in [1.165, 1.54) is 0 Å². The van der Waals surface area contributed by atoms with Gasteiger partial charge in [-0.15, -0.1) is 0 Å². The molecule has 1 fully saturated rings. The zero-order chi connectivity index (χ0) is 21.3. The van der Waals surface area contributed by atoms with Crippen molar-refractivity contribution in [3.8, 4) is 0 Å². The Kier molecular flexibility index (Phi) is 5.84. The lowest BCUT2D eigenvalue weighted by molar-refractivity contribution is -0.121. The number of oxazole rings is 1. The van der Waals surface area contributed by atoms with Crippen molar-refractivity contribution in [1.29, 1.82) is 0 Å². The molecule has 2 aromatic carbocycles. The second-order valence-electron chi connectivity index (χ2n) is 8.26. The van der Waals surface area contributed by atoms with E-state index in [-0.39, 0.29) is 11.7 Å². The van der Waals surface area contributed by atoms with Crippen LogP contribution in [-0.4, -0.2) is 36.0 Å².